The van der Waals surface area contributed by atoms with Crippen LogP contribution in [-0.4, -0.2) is 21.5 Å². The minimum atomic E-state index is -0.0943. The molecular weight excluding hydrogens is 454 g/mol. The van der Waals surface area contributed by atoms with Gasteiger partial charge in [-0.05, 0) is 54.7 Å². The van der Waals surface area contributed by atoms with Crippen molar-refractivity contribution in [2.45, 2.75) is 56.1 Å². The van der Waals surface area contributed by atoms with E-state index in [1.54, 1.807) is 34.5 Å². The minimum Gasteiger partial charge on any atom is -0.349 e. The zero-order valence-corrected chi connectivity index (χ0v) is 20.7. The van der Waals surface area contributed by atoms with Gasteiger partial charge in [-0.3, -0.25) is 14.2 Å². The zero-order valence-electron chi connectivity index (χ0n) is 19.9. The highest BCUT2D eigenvalue weighted by Crippen LogP contribution is 2.25. The first-order valence-electron chi connectivity index (χ1n) is 12.2. The largest absolute Gasteiger partial charge is 0.349 e. The summed E-state index contributed by atoms with van der Waals surface area (Å²) in [5.74, 6) is 0.615. The van der Waals surface area contributed by atoms with Crippen LogP contribution >= 0.6 is 11.8 Å². The second-order valence-electron chi connectivity index (χ2n) is 9.17. The van der Waals surface area contributed by atoms with Crippen molar-refractivity contribution in [3.05, 3.63) is 105 Å². The predicted octanol–water partition coefficient (Wildman–Crippen LogP) is 5.72. The van der Waals surface area contributed by atoms with E-state index in [0.29, 0.717) is 33.9 Å². The first kappa shape index (κ1) is 23.4. The molecule has 1 fully saturated rings. The SMILES string of the molecule is Cc1ccccc1CSc1nc2cc(C(=O)NC3CCCC3)ccc2c(=O)n1Cc1ccccc1. The quantitative estimate of drug-likeness (QED) is 0.270. The summed E-state index contributed by atoms with van der Waals surface area (Å²) < 4.78 is 1.75. The van der Waals surface area contributed by atoms with Crippen LogP contribution in [-0.2, 0) is 12.3 Å². The van der Waals surface area contributed by atoms with E-state index >= 15 is 0 Å². The molecule has 0 aliphatic heterocycles. The van der Waals surface area contributed by atoms with Crippen molar-refractivity contribution in [1.29, 1.82) is 0 Å². The average Bonchev–Trinajstić information content (AvgIpc) is 3.39. The van der Waals surface area contributed by atoms with Crippen molar-refractivity contribution in [3.63, 3.8) is 0 Å². The van der Waals surface area contributed by atoms with Crippen LogP contribution in [0.25, 0.3) is 10.9 Å². The van der Waals surface area contributed by atoms with E-state index < -0.39 is 0 Å². The summed E-state index contributed by atoms with van der Waals surface area (Å²) in [6.07, 6.45) is 4.38. The molecule has 1 aliphatic rings. The minimum absolute atomic E-state index is 0.0890. The molecule has 0 saturated heterocycles. The van der Waals surface area contributed by atoms with Crippen LogP contribution in [0, 0.1) is 6.92 Å². The topological polar surface area (TPSA) is 64.0 Å². The maximum Gasteiger partial charge on any atom is 0.262 e. The first-order valence-corrected chi connectivity index (χ1v) is 13.1. The van der Waals surface area contributed by atoms with Gasteiger partial charge in [0.1, 0.15) is 0 Å². The fourth-order valence-electron chi connectivity index (χ4n) is 4.61. The number of amides is 1. The highest BCUT2D eigenvalue weighted by molar-refractivity contribution is 7.98. The van der Waals surface area contributed by atoms with E-state index in [2.05, 4.69) is 24.4 Å². The van der Waals surface area contributed by atoms with Crippen LogP contribution in [0.15, 0.2) is 82.7 Å². The molecule has 178 valence electrons. The summed E-state index contributed by atoms with van der Waals surface area (Å²) in [4.78, 5) is 31.3. The molecule has 0 radical (unpaired) electrons. The third-order valence-corrected chi connectivity index (χ3v) is 7.70. The summed E-state index contributed by atoms with van der Waals surface area (Å²) in [6, 6.07) is 23.7. The van der Waals surface area contributed by atoms with Gasteiger partial charge >= 0.3 is 0 Å². The van der Waals surface area contributed by atoms with Gasteiger partial charge in [0.05, 0.1) is 17.4 Å². The molecule has 1 amide bonds. The number of carbonyl (C=O) groups is 1. The van der Waals surface area contributed by atoms with Crippen LogP contribution in [0.1, 0.15) is 52.7 Å². The molecule has 1 heterocycles. The normalized spacial score (nSPS) is 13.9. The highest BCUT2D eigenvalue weighted by Gasteiger charge is 2.19. The second kappa shape index (κ2) is 10.5. The van der Waals surface area contributed by atoms with Crippen molar-refractivity contribution in [2.75, 3.05) is 0 Å². The van der Waals surface area contributed by atoms with Gasteiger partial charge in [-0.1, -0.05) is 79.2 Å². The van der Waals surface area contributed by atoms with E-state index in [1.807, 2.05) is 42.5 Å². The molecule has 3 aromatic carbocycles. The van der Waals surface area contributed by atoms with Crippen LogP contribution in [0.5, 0.6) is 0 Å². The van der Waals surface area contributed by atoms with Crippen molar-refractivity contribution < 1.29 is 4.79 Å². The molecule has 0 atom stereocenters. The molecule has 1 aliphatic carbocycles. The van der Waals surface area contributed by atoms with Gasteiger partial charge in [0, 0.05) is 17.4 Å². The molecule has 5 rings (SSSR count). The van der Waals surface area contributed by atoms with Gasteiger partial charge < -0.3 is 5.32 Å². The second-order valence-corrected chi connectivity index (χ2v) is 10.1. The molecule has 6 heteroatoms. The molecule has 1 aromatic heterocycles. The molecule has 0 spiro atoms. The molecule has 1 saturated carbocycles. The van der Waals surface area contributed by atoms with Gasteiger partial charge in [0.2, 0.25) is 0 Å². The van der Waals surface area contributed by atoms with Gasteiger partial charge in [0.15, 0.2) is 5.16 Å². The monoisotopic (exact) mass is 483 g/mol. The Morgan fingerprint density at radius 2 is 1.77 bits per heavy atom. The Morgan fingerprint density at radius 3 is 2.54 bits per heavy atom. The predicted molar refractivity (Wildman–Crippen MR) is 142 cm³/mol. The van der Waals surface area contributed by atoms with E-state index in [-0.39, 0.29) is 17.5 Å². The fourth-order valence-corrected chi connectivity index (χ4v) is 5.69. The fraction of sp³-hybridized carbons (Fsp3) is 0.276. The molecule has 0 unspecified atom stereocenters. The van der Waals surface area contributed by atoms with Crippen molar-refractivity contribution in [1.82, 2.24) is 14.9 Å². The summed E-state index contributed by atoms with van der Waals surface area (Å²) in [7, 11) is 0. The van der Waals surface area contributed by atoms with E-state index in [4.69, 9.17) is 4.98 Å². The van der Waals surface area contributed by atoms with Crippen molar-refractivity contribution in [2.24, 2.45) is 0 Å². The van der Waals surface area contributed by atoms with Crippen LogP contribution < -0.4 is 10.9 Å². The number of benzene rings is 3. The number of nitrogens with one attached hydrogen (secondary N) is 1. The number of hydrogen-bond donors (Lipinski definition) is 1. The Balaban J connectivity index is 1.51. The zero-order chi connectivity index (χ0) is 24.2. The molecule has 35 heavy (non-hydrogen) atoms. The maximum atomic E-state index is 13.6. The summed E-state index contributed by atoms with van der Waals surface area (Å²) in [5.41, 5.74) is 4.49. The lowest BCUT2D eigenvalue weighted by Crippen LogP contribution is -2.32. The van der Waals surface area contributed by atoms with Crippen LogP contribution in [0.4, 0.5) is 0 Å². The molecule has 0 bridgehead atoms. The third kappa shape index (κ3) is 5.33. The smallest absolute Gasteiger partial charge is 0.262 e. The van der Waals surface area contributed by atoms with Gasteiger partial charge in [-0.2, -0.15) is 0 Å². The number of rotatable bonds is 7. The Labute approximate surface area is 209 Å². The Kier molecular flexibility index (Phi) is 7.00. The lowest BCUT2D eigenvalue weighted by molar-refractivity contribution is 0.0938. The molecule has 1 N–H and O–H groups in total. The summed E-state index contributed by atoms with van der Waals surface area (Å²) >= 11 is 1.55. The molecule has 5 nitrogen and oxygen atoms in total. The summed E-state index contributed by atoms with van der Waals surface area (Å²) in [6.45, 7) is 2.54. The number of fused-ring (bicyclic) bond motifs is 1. The van der Waals surface area contributed by atoms with Crippen LogP contribution in [0.3, 0.4) is 0 Å². The number of hydrogen-bond acceptors (Lipinski definition) is 4. The van der Waals surface area contributed by atoms with Gasteiger partial charge in [-0.15, -0.1) is 0 Å². The maximum absolute atomic E-state index is 13.6. The number of aromatic nitrogens is 2. The third-order valence-electron chi connectivity index (χ3n) is 6.67. The Hall–Kier alpha value is -3.38. The van der Waals surface area contributed by atoms with E-state index in [9.17, 15) is 9.59 Å². The lowest BCUT2D eigenvalue weighted by Gasteiger charge is -2.15. The summed E-state index contributed by atoms with van der Waals surface area (Å²) in [5, 5.41) is 4.31. The standard InChI is InChI=1S/C29H29N3O2S/c1-20-9-5-6-12-23(20)19-35-29-31-26-17-22(27(33)30-24-13-7-8-14-24)15-16-25(26)28(34)32(29)18-21-10-3-2-4-11-21/h2-6,9-12,15-17,24H,7-8,13-14,18-19H2,1H3,(H,30,33). The van der Waals surface area contributed by atoms with Gasteiger partial charge in [0.25, 0.3) is 11.5 Å². The van der Waals surface area contributed by atoms with Gasteiger partial charge in [-0.25, -0.2) is 4.98 Å². The first-order chi connectivity index (χ1) is 17.1. The molecule has 4 aromatic rings. The van der Waals surface area contributed by atoms with E-state index in [1.165, 1.54) is 11.1 Å². The number of carbonyl (C=O) groups excluding carboxylic acids is 1. The Morgan fingerprint density at radius 1 is 1.03 bits per heavy atom. The lowest BCUT2D eigenvalue weighted by atomic mass is 10.1. The molecular formula is C29H29N3O2S. The number of nitrogens with zero attached hydrogens (tertiary/aromatic N) is 2. The highest BCUT2D eigenvalue weighted by atomic mass is 32.2. The van der Waals surface area contributed by atoms with Crippen molar-refractivity contribution in [3.8, 4) is 0 Å². The number of aryl methyl sites for hydroxylation is 1. The number of thioether (sulfide) groups is 1. The average molecular weight is 484 g/mol. The Bertz CT molecular complexity index is 1410. The van der Waals surface area contributed by atoms with Crippen LogP contribution in [0.2, 0.25) is 0 Å². The van der Waals surface area contributed by atoms with Crippen molar-refractivity contribution >= 4 is 28.6 Å². The van der Waals surface area contributed by atoms with E-state index in [0.717, 1.165) is 31.2 Å².